The van der Waals surface area contributed by atoms with Crippen molar-refractivity contribution in [1.82, 2.24) is 0 Å². The summed E-state index contributed by atoms with van der Waals surface area (Å²) in [5.74, 6) is 1.17. The van der Waals surface area contributed by atoms with E-state index in [1.807, 2.05) is 0 Å². The lowest BCUT2D eigenvalue weighted by atomic mass is 9.77. The fourth-order valence-corrected chi connectivity index (χ4v) is 2.73. The molecule has 1 rings (SSSR count). The van der Waals surface area contributed by atoms with Gasteiger partial charge in [-0.05, 0) is 18.8 Å². The van der Waals surface area contributed by atoms with E-state index in [1.54, 1.807) is 13.4 Å². The maximum absolute atomic E-state index is 10.9. The summed E-state index contributed by atoms with van der Waals surface area (Å²) in [6.07, 6.45) is 6.53. The van der Waals surface area contributed by atoms with Gasteiger partial charge in [-0.3, -0.25) is 4.21 Å². The van der Waals surface area contributed by atoms with Crippen LogP contribution in [0.3, 0.4) is 0 Å². The second-order valence-corrected chi connectivity index (χ2v) is 6.30. The van der Waals surface area contributed by atoms with Crippen molar-refractivity contribution in [2.24, 2.45) is 5.92 Å². The maximum atomic E-state index is 10.9. The van der Waals surface area contributed by atoms with Crippen LogP contribution in [-0.2, 0) is 20.3 Å². The minimum absolute atomic E-state index is 0.104. The predicted molar refractivity (Wildman–Crippen MR) is 67.1 cm³/mol. The second-order valence-electron chi connectivity index (χ2n) is 4.75. The molecule has 0 aromatic rings. The molecule has 0 saturated heterocycles. The summed E-state index contributed by atoms with van der Waals surface area (Å²) in [7, 11) is 1.02. The summed E-state index contributed by atoms with van der Waals surface area (Å²) >= 11 is 0. The molecule has 3 unspecified atom stereocenters. The first-order valence-corrected chi connectivity index (χ1v) is 7.76. The SMILES string of the molecule is COC1(COCCS(C)=O)CCCCC1C. The summed E-state index contributed by atoms with van der Waals surface area (Å²) in [6, 6.07) is 0. The molecule has 0 aromatic heterocycles. The fourth-order valence-electron chi connectivity index (χ4n) is 2.38. The number of ether oxygens (including phenoxy) is 2. The molecule has 0 N–H and O–H groups in total. The first-order chi connectivity index (χ1) is 7.60. The highest BCUT2D eigenvalue weighted by molar-refractivity contribution is 7.84. The van der Waals surface area contributed by atoms with E-state index < -0.39 is 10.8 Å². The molecule has 96 valence electrons. The van der Waals surface area contributed by atoms with Gasteiger partial charge in [-0.1, -0.05) is 19.8 Å². The van der Waals surface area contributed by atoms with Crippen molar-refractivity contribution in [2.45, 2.75) is 38.2 Å². The van der Waals surface area contributed by atoms with Gasteiger partial charge in [0.2, 0.25) is 0 Å². The van der Waals surface area contributed by atoms with E-state index in [4.69, 9.17) is 9.47 Å². The maximum Gasteiger partial charge on any atom is 0.0936 e. The molecule has 1 aliphatic carbocycles. The molecule has 0 bridgehead atoms. The summed E-state index contributed by atoms with van der Waals surface area (Å²) in [4.78, 5) is 0. The van der Waals surface area contributed by atoms with Crippen LogP contribution in [0.15, 0.2) is 0 Å². The normalized spacial score (nSPS) is 32.6. The van der Waals surface area contributed by atoms with Gasteiger partial charge in [0.05, 0.1) is 18.8 Å². The average molecular weight is 248 g/mol. The lowest BCUT2D eigenvalue weighted by molar-refractivity contribution is -0.123. The Kier molecular flexibility index (Phi) is 5.94. The minimum atomic E-state index is -0.762. The van der Waals surface area contributed by atoms with Gasteiger partial charge in [0, 0.05) is 29.9 Å². The van der Waals surface area contributed by atoms with E-state index in [2.05, 4.69) is 6.92 Å². The third-order valence-electron chi connectivity index (χ3n) is 3.65. The van der Waals surface area contributed by atoms with E-state index >= 15 is 0 Å². The van der Waals surface area contributed by atoms with Crippen molar-refractivity contribution in [3.63, 3.8) is 0 Å². The highest BCUT2D eigenvalue weighted by Crippen LogP contribution is 2.36. The molecule has 0 aliphatic heterocycles. The van der Waals surface area contributed by atoms with E-state index in [1.165, 1.54) is 19.3 Å². The first-order valence-electron chi connectivity index (χ1n) is 6.03. The lowest BCUT2D eigenvalue weighted by Gasteiger charge is -2.41. The molecule has 0 spiro atoms. The van der Waals surface area contributed by atoms with Crippen LogP contribution in [-0.4, -0.2) is 42.1 Å². The number of hydrogen-bond acceptors (Lipinski definition) is 3. The zero-order valence-corrected chi connectivity index (χ0v) is 11.5. The first kappa shape index (κ1) is 14.1. The van der Waals surface area contributed by atoms with Crippen molar-refractivity contribution >= 4 is 10.8 Å². The van der Waals surface area contributed by atoms with Crippen molar-refractivity contribution < 1.29 is 13.7 Å². The molecule has 0 aromatic carbocycles. The highest BCUT2D eigenvalue weighted by Gasteiger charge is 2.38. The lowest BCUT2D eigenvalue weighted by Crippen LogP contribution is -2.45. The van der Waals surface area contributed by atoms with Crippen molar-refractivity contribution in [3.8, 4) is 0 Å². The summed E-state index contributed by atoms with van der Waals surface area (Å²) in [5.41, 5.74) is -0.104. The minimum Gasteiger partial charge on any atom is -0.377 e. The predicted octanol–water partition coefficient (Wildman–Crippen LogP) is 1.98. The Labute approximate surface area is 101 Å². The number of rotatable bonds is 6. The van der Waals surface area contributed by atoms with Crippen molar-refractivity contribution in [3.05, 3.63) is 0 Å². The smallest absolute Gasteiger partial charge is 0.0936 e. The summed E-state index contributed by atoms with van der Waals surface area (Å²) < 4.78 is 22.2. The van der Waals surface area contributed by atoms with Crippen LogP contribution >= 0.6 is 0 Å². The summed E-state index contributed by atoms with van der Waals surface area (Å²) in [5, 5.41) is 0. The fraction of sp³-hybridized carbons (Fsp3) is 1.00. The molecule has 1 fully saturated rings. The van der Waals surface area contributed by atoms with E-state index in [0.29, 0.717) is 24.9 Å². The van der Waals surface area contributed by atoms with Crippen molar-refractivity contribution in [1.29, 1.82) is 0 Å². The van der Waals surface area contributed by atoms with Gasteiger partial charge in [-0.2, -0.15) is 0 Å². The Hall–Kier alpha value is 0.0700. The molecule has 16 heavy (non-hydrogen) atoms. The molecule has 4 heteroatoms. The highest BCUT2D eigenvalue weighted by atomic mass is 32.2. The number of hydrogen-bond donors (Lipinski definition) is 0. The van der Waals surface area contributed by atoms with Gasteiger partial charge in [0.25, 0.3) is 0 Å². The quantitative estimate of drug-likeness (QED) is 0.674. The second kappa shape index (κ2) is 6.72. The van der Waals surface area contributed by atoms with E-state index in [0.717, 1.165) is 6.42 Å². The van der Waals surface area contributed by atoms with Crippen LogP contribution < -0.4 is 0 Å². The monoisotopic (exact) mass is 248 g/mol. The van der Waals surface area contributed by atoms with Crippen LogP contribution in [0.25, 0.3) is 0 Å². The van der Waals surface area contributed by atoms with Crippen LogP contribution in [0.5, 0.6) is 0 Å². The summed E-state index contributed by atoms with van der Waals surface area (Å²) in [6.45, 7) is 3.45. The molecule has 1 aliphatic rings. The Bertz CT molecular complexity index is 232. The Morgan fingerprint density at radius 1 is 1.44 bits per heavy atom. The van der Waals surface area contributed by atoms with Gasteiger partial charge < -0.3 is 9.47 Å². The largest absolute Gasteiger partial charge is 0.377 e. The van der Waals surface area contributed by atoms with Gasteiger partial charge in [0.1, 0.15) is 0 Å². The van der Waals surface area contributed by atoms with Gasteiger partial charge >= 0.3 is 0 Å². The van der Waals surface area contributed by atoms with E-state index in [-0.39, 0.29) is 5.60 Å². The van der Waals surface area contributed by atoms with Crippen LogP contribution in [0.2, 0.25) is 0 Å². The zero-order chi connectivity index (χ0) is 12.0. The molecular formula is C12H24O3S. The molecule has 0 heterocycles. The Balaban J connectivity index is 2.37. The van der Waals surface area contributed by atoms with Crippen LogP contribution in [0.1, 0.15) is 32.6 Å². The number of methoxy groups -OCH3 is 1. The third kappa shape index (κ3) is 3.82. The molecule has 3 atom stereocenters. The average Bonchev–Trinajstić information content (AvgIpc) is 2.27. The molecule has 1 saturated carbocycles. The molecule has 0 radical (unpaired) electrons. The Morgan fingerprint density at radius 3 is 2.75 bits per heavy atom. The third-order valence-corrected chi connectivity index (χ3v) is 4.39. The van der Waals surface area contributed by atoms with Gasteiger partial charge in [-0.25, -0.2) is 0 Å². The molecular weight excluding hydrogens is 224 g/mol. The zero-order valence-electron chi connectivity index (χ0n) is 10.7. The standard InChI is InChI=1S/C12H24O3S/c1-11-6-4-5-7-12(11,14-2)10-15-8-9-16(3)13/h11H,4-10H2,1-3H3. The van der Waals surface area contributed by atoms with Crippen LogP contribution in [0, 0.1) is 5.92 Å². The Morgan fingerprint density at radius 2 is 2.19 bits per heavy atom. The van der Waals surface area contributed by atoms with Gasteiger partial charge in [-0.15, -0.1) is 0 Å². The van der Waals surface area contributed by atoms with Crippen molar-refractivity contribution in [2.75, 3.05) is 32.3 Å². The van der Waals surface area contributed by atoms with Crippen LogP contribution in [0.4, 0.5) is 0 Å². The molecule has 0 amide bonds. The van der Waals surface area contributed by atoms with E-state index in [9.17, 15) is 4.21 Å². The molecule has 3 nitrogen and oxygen atoms in total. The van der Waals surface area contributed by atoms with Gasteiger partial charge in [0.15, 0.2) is 0 Å². The topological polar surface area (TPSA) is 35.5 Å².